The molecule has 0 amide bonds. The van der Waals surface area contributed by atoms with Gasteiger partial charge in [-0.25, -0.2) is 4.79 Å². The first-order valence-corrected chi connectivity index (χ1v) is 17.7. The molecule has 0 radical (unpaired) electrons. The molecule has 10 atom stereocenters. The second-order valence-corrected chi connectivity index (χ2v) is 17.2. The highest BCUT2D eigenvalue weighted by molar-refractivity contribution is 5.87. The fraction of sp³-hybridized carbons (Fsp3) is 0.700. The Morgan fingerprint density at radius 3 is 2.33 bits per heavy atom. The van der Waals surface area contributed by atoms with Crippen molar-refractivity contribution in [2.45, 2.75) is 112 Å². The minimum absolute atomic E-state index is 0.0618. The Morgan fingerprint density at radius 2 is 1.65 bits per heavy atom. The molecule has 6 heteroatoms. The maximum absolute atomic E-state index is 13.1. The summed E-state index contributed by atoms with van der Waals surface area (Å²) >= 11 is 0. The number of phenols is 1. The maximum atomic E-state index is 13.1. The predicted molar refractivity (Wildman–Crippen MR) is 180 cm³/mol. The number of methoxy groups -OCH3 is 1. The van der Waals surface area contributed by atoms with Crippen LogP contribution in [-0.2, 0) is 14.3 Å². The summed E-state index contributed by atoms with van der Waals surface area (Å²) in [5.41, 5.74) is 1.54. The number of hydrogen-bond acceptors (Lipinski definition) is 5. The molecule has 0 saturated heterocycles. The molecule has 0 bridgehead atoms. The Hall–Kier alpha value is -2.76. The molecule has 5 fully saturated rings. The number of fused-ring (bicyclic) bond motifs is 7. The molecule has 1 aromatic carbocycles. The van der Waals surface area contributed by atoms with Crippen LogP contribution in [0, 0.1) is 56.7 Å². The Kier molecular flexibility index (Phi) is 8.04. The van der Waals surface area contributed by atoms with Gasteiger partial charge in [-0.1, -0.05) is 52.8 Å². The van der Waals surface area contributed by atoms with Crippen molar-refractivity contribution in [2.75, 3.05) is 7.11 Å². The summed E-state index contributed by atoms with van der Waals surface area (Å²) in [4.78, 5) is 26.1. The molecule has 6 rings (SSSR count). The van der Waals surface area contributed by atoms with E-state index in [1.807, 2.05) is 0 Å². The van der Waals surface area contributed by atoms with Crippen molar-refractivity contribution in [1.29, 1.82) is 0 Å². The number of aliphatic carboxylic acids is 1. The van der Waals surface area contributed by atoms with E-state index in [4.69, 9.17) is 9.47 Å². The lowest BCUT2D eigenvalue weighted by Crippen LogP contribution is -2.67. The van der Waals surface area contributed by atoms with Gasteiger partial charge < -0.3 is 19.7 Å². The number of phenolic OH excluding ortho intramolecular Hbond substituents is 1. The Bertz CT molecular complexity index is 1440. The molecule has 0 aromatic heterocycles. The van der Waals surface area contributed by atoms with Gasteiger partial charge >= 0.3 is 11.9 Å². The van der Waals surface area contributed by atoms with Crippen molar-refractivity contribution >= 4 is 18.0 Å². The van der Waals surface area contributed by atoms with Crippen LogP contribution >= 0.6 is 0 Å². The minimum Gasteiger partial charge on any atom is -0.504 e. The normalized spacial score (nSPS) is 42.7. The van der Waals surface area contributed by atoms with E-state index in [1.54, 1.807) is 24.3 Å². The van der Waals surface area contributed by atoms with Gasteiger partial charge in [-0.3, -0.25) is 4.79 Å². The number of ether oxygens (including phenoxy) is 2. The van der Waals surface area contributed by atoms with Crippen LogP contribution in [0.1, 0.15) is 111 Å². The van der Waals surface area contributed by atoms with Crippen LogP contribution in [0.5, 0.6) is 11.5 Å². The van der Waals surface area contributed by atoms with Crippen LogP contribution in [-0.4, -0.2) is 35.4 Å². The van der Waals surface area contributed by atoms with Crippen molar-refractivity contribution < 1.29 is 29.3 Å². The van der Waals surface area contributed by atoms with E-state index in [0.717, 1.165) is 69.8 Å². The highest BCUT2D eigenvalue weighted by Crippen LogP contribution is 2.77. The number of carboxylic acid groups (broad SMARTS) is 1. The van der Waals surface area contributed by atoms with Gasteiger partial charge in [0.15, 0.2) is 11.5 Å². The summed E-state index contributed by atoms with van der Waals surface area (Å²) in [5, 5.41) is 20.5. The van der Waals surface area contributed by atoms with E-state index in [2.05, 4.69) is 48.1 Å². The smallest absolute Gasteiger partial charge is 0.331 e. The van der Waals surface area contributed by atoms with Crippen LogP contribution in [0.2, 0.25) is 0 Å². The molecule has 5 aliphatic carbocycles. The summed E-state index contributed by atoms with van der Waals surface area (Å²) in [5.74, 6) is 1.42. The molecular weight excluding hydrogens is 576 g/mol. The van der Waals surface area contributed by atoms with Gasteiger partial charge in [-0.15, -0.1) is 0 Å². The zero-order valence-electron chi connectivity index (χ0n) is 29.2. The summed E-state index contributed by atoms with van der Waals surface area (Å²) in [6.45, 7) is 18.8. The first-order chi connectivity index (χ1) is 21.5. The van der Waals surface area contributed by atoms with Gasteiger partial charge in [-0.05, 0) is 141 Å². The molecule has 6 nitrogen and oxygen atoms in total. The van der Waals surface area contributed by atoms with Crippen LogP contribution in [0.25, 0.3) is 6.08 Å². The summed E-state index contributed by atoms with van der Waals surface area (Å²) < 4.78 is 11.4. The molecule has 1 aromatic rings. The lowest BCUT2D eigenvalue weighted by molar-refractivity contribution is -0.250. The lowest BCUT2D eigenvalue weighted by atomic mass is 9.32. The van der Waals surface area contributed by atoms with Crippen molar-refractivity contribution in [3.63, 3.8) is 0 Å². The summed E-state index contributed by atoms with van der Waals surface area (Å²) in [6, 6.07) is 5.00. The molecule has 0 heterocycles. The Balaban J connectivity index is 1.23. The van der Waals surface area contributed by atoms with Crippen molar-refractivity contribution in [2.24, 2.45) is 56.7 Å². The molecule has 5 saturated carbocycles. The standard InChI is InChI=1S/C40H56O6/c1-24(2)26-15-20-40(35(43)44)22-21-38(6)27(34(26)40)11-13-31-37(5)18-17-32(36(3,4)30(37)16-19-39(31,38)7)46-33(42)14-10-25-9-12-28(41)29(23-25)45-8/h9-10,12,14,23,26-27,30-32,34,41H,1,11,13,15-22H2,2-8H3,(H,43,44)/b14-10+/t26?,27?,30?,31-,32+,34?,37+,38-,39-,40+/m1/s1. The number of carbonyl (C=O) groups is 2. The molecule has 4 unspecified atom stereocenters. The molecule has 5 aliphatic rings. The SMILES string of the molecule is C=C(C)C1CC[C@]2(C(=O)O)CC[C@]3(C)C(CC[C@@H]4[C@@]5(C)CC[C@H](OC(=O)/C=C/c6ccc(O)c(OC)c6)C(C)(C)C5CC[C@]43C)C12. The largest absolute Gasteiger partial charge is 0.504 e. The van der Waals surface area contributed by atoms with Gasteiger partial charge in [0.25, 0.3) is 0 Å². The predicted octanol–water partition coefficient (Wildman–Crippen LogP) is 9.07. The van der Waals surface area contributed by atoms with Gasteiger partial charge in [0.2, 0.25) is 0 Å². The number of allylic oxidation sites excluding steroid dienone is 1. The summed E-state index contributed by atoms with van der Waals surface area (Å²) in [7, 11) is 1.50. The molecular formula is C40H56O6. The zero-order chi connectivity index (χ0) is 33.4. The van der Waals surface area contributed by atoms with E-state index in [9.17, 15) is 19.8 Å². The fourth-order valence-corrected chi connectivity index (χ4v) is 12.8. The van der Waals surface area contributed by atoms with Crippen LogP contribution in [0.4, 0.5) is 0 Å². The van der Waals surface area contributed by atoms with Gasteiger partial charge in [-0.2, -0.15) is 0 Å². The van der Waals surface area contributed by atoms with Crippen molar-refractivity contribution in [3.05, 3.63) is 42.0 Å². The molecule has 0 spiro atoms. The van der Waals surface area contributed by atoms with Crippen molar-refractivity contribution in [1.82, 2.24) is 0 Å². The third-order valence-electron chi connectivity index (χ3n) is 15.3. The van der Waals surface area contributed by atoms with Gasteiger partial charge in [0.1, 0.15) is 6.10 Å². The molecule has 0 aliphatic heterocycles. The average molecular weight is 633 g/mol. The highest BCUT2D eigenvalue weighted by atomic mass is 16.5. The van der Waals surface area contributed by atoms with Crippen LogP contribution in [0.3, 0.4) is 0 Å². The van der Waals surface area contributed by atoms with Gasteiger partial charge in [0.05, 0.1) is 12.5 Å². The molecule has 2 N–H and O–H groups in total. The second kappa shape index (κ2) is 11.2. The monoisotopic (exact) mass is 632 g/mol. The van der Waals surface area contributed by atoms with Crippen LogP contribution in [0.15, 0.2) is 36.4 Å². The average Bonchev–Trinajstić information content (AvgIpc) is 3.40. The quantitative estimate of drug-likeness (QED) is 0.185. The second-order valence-electron chi connectivity index (χ2n) is 17.2. The van der Waals surface area contributed by atoms with E-state index in [1.165, 1.54) is 18.8 Å². The summed E-state index contributed by atoms with van der Waals surface area (Å²) in [6.07, 6.45) is 13.0. The number of aromatic hydroxyl groups is 1. The number of hydrogen-bond donors (Lipinski definition) is 2. The number of rotatable bonds is 6. The van der Waals surface area contributed by atoms with E-state index in [-0.39, 0.29) is 45.4 Å². The van der Waals surface area contributed by atoms with E-state index in [0.29, 0.717) is 29.4 Å². The number of carboxylic acids is 1. The number of esters is 1. The molecule has 252 valence electrons. The fourth-order valence-electron chi connectivity index (χ4n) is 12.8. The minimum atomic E-state index is -0.592. The third-order valence-corrected chi connectivity index (χ3v) is 15.3. The number of carbonyl (C=O) groups excluding carboxylic acids is 1. The molecule has 46 heavy (non-hydrogen) atoms. The van der Waals surface area contributed by atoms with Crippen molar-refractivity contribution in [3.8, 4) is 11.5 Å². The third kappa shape index (κ3) is 4.62. The Labute approximate surface area is 276 Å². The lowest BCUT2D eigenvalue weighted by Gasteiger charge is -2.72. The zero-order valence-corrected chi connectivity index (χ0v) is 29.2. The van der Waals surface area contributed by atoms with Gasteiger partial charge in [0, 0.05) is 11.5 Å². The first kappa shape index (κ1) is 33.2. The topological polar surface area (TPSA) is 93.1 Å². The number of benzene rings is 1. The highest BCUT2D eigenvalue weighted by Gasteiger charge is 2.72. The Morgan fingerprint density at radius 1 is 0.913 bits per heavy atom. The van der Waals surface area contributed by atoms with E-state index >= 15 is 0 Å². The van der Waals surface area contributed by atoms with E-state index < -0.39 is 11.4 Å². The van der Waals surface area contributed by atoms with Crippen LogP contribution < -0.4 is 4.74 Å². The first-order valence-electron chi connectivity index (χ1n) is 17.7. The maximum Gasteiger partial charge on any atom is 0.331 e.